The second-order valence-electron chi connectivity index (χ2n) is 9.22. The van der Waals surface area contributed by atoms with Gasteiger partial charge in [0.2, 0.25) is 0 Å². The van der Waals surface area contributed by atoms with Crippen LogP contribution in [-0.2, 0) is 13.0 Å². The molecule has 0 bridgehead atoms. The molecule has 3 aromatic carbocycles. The summed E-state index contributed by atoms with van der Waals surface area (Å²) in [7, 11) is 1.62. The van der Waals surface area contributed by atoms with Crippen LogP contribution in [0.3, 0.4) is 0 Å². The number of hydrogen-bond donors (Lipinski definition) is 1. The van der Waals surface area contributed by atoms with Crippen molar-refractivity contribution in [2.75, 3.05) is 12.4 Å². The average Bonchev–Trinajstić information content (AvgIpc) is 3.33. The number of halogens is 2. The van der Waals surface area contributed by atoms with E-state index in [1.54, 1.807) is 7.11 Å². The predicted octanol–water partition coefficient (Wildman–Crippen LogP) is 7.98. The highest BCUT2D eigenvalue weighted by Gasteiger charge is 2.29. The molecule has 37 heavy (non-hydrogen) atoms. The summed E-state index contributed by atoms with van der Waals surface area (Å²) in [6.07, 6.45) is 5.08. The van der Waals surface area contributed by atoms with Crippen LogP contribution in [0.1, 0.15) is 28.9 Å². The summed E-state index contributed by atoms with van der Waals surface area (Å²) in [4.78, 5) is 14.0. The topological polar surface area (TPSA) is 47.7 Å². The Balaban J connectivity index is 1.57. The normalized spacial score (nSPS) is 12.9. The average molecular weight is 530 g/mol. The van der Waals surface area contributed by atoms with Gasteiger partial charge in [-0.05, 0) is 78.9 Å². The standard InChI is InChI=1S/C30H25Cl2N3O2/c1-37-24-15-13-23(14-16-24)33-29(36)28-27(20-7-11-22(32)12-8-20)25-4-2-3-17-34-26(18-35(28)30(25)34)19-5-9-21(31)10-6-19/h5-16,18H,2-4,17H2,1H3,(H,33,36). The monoisotopic (exact) mass is 529 g/mol. The molecular weight excluding hydrogens is 505 g/mol. The van der Waals surface area contributed by atoms with E-state index in [0.717, 1.165) is 59.6 Å². The van der Waals surface area contributed by atoms with Crippen molar-refractivity contribution in [1.82, 2.24) is 8.97 Å². The van der Waals surface area contributed by atoms with Gasteiger partial charge in [0.25, 0.3) is 5.91 Å². The van der Waals surface area contributed by atoms with E-state index in [2.05, 4.69) is 20.5 Å². The number of anilines is 1. The number of aromatic nitrogens is 2. The first-order valence-corrected chi connectivity index (χ1v) is 13.0. The van der Waals surface area contributed by atoms with Crippen molar-refractivity contribution in [2.24, 2.45) is 0 Å². The minimum Gasteiger partial charge on any atom is -0.497 e. The summed E-state index contributed by atoms with van der Waals surface area (Å²) in [6.45, 7) is 0.880. The van der Waals surface area contributed by atoms with Crippen molar-refractivity contribution in [1.29, 1.82) is 0 Å². The van der Waals surface area contributed by atoms with E-state index < -0.39 is 0 Å². The molecule has 1 aliphatic rings. The fraction of sp³-hybridized carbons (Fsp3) is 0.167. The molecule has 0 aliphatic carbocycles. The molecule has 0 spiro atoms. The summed E-state index contributed by atoms with van der Waals surface area (Å²) < 4.78 is 9.67. The smallest absolute Gasteiger partial charge is 0.273 e. The van der Waals surface area contributed by atoms with Crippen molar-refractivity contribution in [3.05, 3.63) is 100 Å². The number of ether oxygens (including phenoxy) is 1. The number of nitrogens with zero attached hydrogens (tertiary/aromatic N) is 2. The van der Waals surface area contributed by atoms with Gasteiger partial charge in [-0.3, -0.25) is 9.20 Å². The molecule has 0 atom stereocenters. The number of carbonyl (C=O) groups excluding carboxylic acids is 1. The van der Waals surface area contributed by atoms with E-state index in [1.807, 2.05) is 72.8 Å². The number of benzene rings is 3. The number of aryl methyl sites for hydroxylation is 2. The molecule has 5 aromatic rings. The molecule has 1 N–H and O–H groups in total. The molecule has 186 valence electrons. The Bertz CT molecular complexity index is 1600. The van der Waals surface area contributed by atoms with Crippen LogP contribution in [0.2, 0.25) is 10.0 Å². The Morgan fingerprint density at radius 2 is 1.51 bits per heavy atom. The van der Waals surface area contributed by atoms with E-state index >= 15 is 0 Å². The molecule has 0 radical (unpaired) electrons. The van der Waals surface area contributed by atoms with Gasteiger partial charge in [-0.15, -0.1) is 0 Å². The molecule has 0 saturated carbocycles. The SMILES string of the molecule is COc1ccc(NC(=O)c2c(-c3ccc(Cl)cc3)c3c4n(c(-c5ccc(Cl)cc5)cn24)CCCC3)cc1. The summed E-state index contributed by atoms with van der Waals surface area (Å²) in [5.41, 5.74) is 7.62. The Morgan fingerprint density at radius 1 is 0.865 bits per heavy atom. The zero-order valence-corrected chi connectivity index (χ0v) is 21.8. The van der Waals surface area contributed by atoms with Crippen molar-refractivity contribution >= 4 is 40.4 Å². The molecule has 2 aromatic heterocycles. The van der Waals surface area contributed by atoms with Gasteiger partial charge < -0.3 is 14.6 Å². The highest BCUT2D eigenvalue weighted by molar-refractivity contribution is 6.31. The Hall–Kier alpha value is -3.67. The molecule has 1 amide bonds. The minimum absolute atomic E-state index is 0.170. The maximum absolute atomic E-state index is 14.0. The van der Waals surface area contributed by atoms with Gasteiger partial charge in [-0.2, -0.15) is 0 Å². The van der Waals surface area contributed by atoms with Crippen LogP contribution < -0.4 is 10.1 Å². The van der Waals surface area contributed by atoms with E-state index in [-0.39, 0.29) is 5.91 Å². The van der Waals surface area contributed by atoms with Gasteiger partial charge >= 0.3 is 0 Å². The van der Waals surface area contributed by atoms with E-state index in [0.29, 0.717) is 21.4 Å². The Kier molecular flexibility index (Phi) is 6.19. The van der Waals surface area contributed by atoms with Crippen LogP contribution in [0.4, 0.5) is 5.69 Å². The Labute approximate surface area is 225 Å². The predicted molar refractivity (Wildman–Crippen MR) is 150 cm³/mol. The number of amides is 1. The number of imidazole rings is 1. The number of methoxy groups -OCH3 is 1. The molecule has 1 aliphatic heterocycles. The first-order chi connectivity index (χ1) is 18.0. The summed E-state index contributed by atoms with van der Waals surface area (Å²) in [5.74, 6) is 0.566. The van der Waals surface area contributed by atoms with E-state index in [9.17, 15) is 4.79 Å². The van der Waals surface area contributed by atoms with E-state index in [1.165, 1.54) is 5.56 Å². The van der Waals surface area contributed by atoms with Crippen LogP contribution >= 0.6 is 23.2 Å². The van der Waals surface area contributed by atoms with Gasteiger partial charge in [0.1, 0.15) is 17.1 Å². The molecule has 6 rings (SSSR count). The molecule has 3 heterocycles. The maximum atomic E-state index is 14.0. The highest BCUT2D eigenvalue weighted by atomic mass is 35.5. The first kappa shape index (κ1) is 23.7. The number of hydrogen-bond acceptors (Lipinski definition) is 2. The largest absolute Gasteiger partial charge is 0.497 e. The quantitative estimate of drug-likeness (QED) is 0.251. The molecule has 7 heteroatoms. The molecule has 0 fully saturated rings. The fourth-order valence-corrected chi connectivity index (χ4v) is 5.50. The number of carbonyl (C=O) groups is 1. The van der Waals surface area contributed by atoms with Crippen LogP contribution in [-0.4, -0.2) is 22.0 Å². The molecule has 5 nitrogen and oxygen atoms in total. The fourth-order valence-electron chi connectivity index (χ4n) is 5.25. The van der Waals surface area contributed by atoms with Crippen molar-refractivity contribution in [3.63, 3.8) is 0 Å². The van der Waals surface area contributed by atoms with Crippen LogP contribution in [0.5, 0.6) is 5.75 Å². The van der Waals surface area contributed by atoms with Gasteiger partial charge in [0.15, 0.2) is 0 Å². The Morgan fingerprint density at radius 3 is 2.16 bits per heavy atom. The summed E-state index contributed by atoms with van der Waals surface area (Å²) in [5, 5.41) is 4.47. The van der Waals surface area contributed by atoms with E-state index in [4.69, 9.17) is 27.9 Å². The van der Waals surface area contributed by atoms with Crippen molar-refractivity contribution in [3.8, 4) is 28.1 Å². The lowest BCUT2D eigenvalue weighted by atomic mass is 9.97. The number of nitrogens with one attached hydrogen (secondary N) is 1. The number of rotatable bonds is 5. The third-order valence-electron chi connectivity index (χ3n) is 6.97. The van der Waals surface area contributed by atoms with Gasteiger partial charge in [-0.25, -0.2) is 0 Å². The molecule has 0 unspecified atom stereocenters. The molecule has 0 saturated heterocycles. The van der Waals surface area contributed by atoms with Gasteiger partial charge in [0.05, 0.1) is 12.8 Å². The van der Waals surface area contributed by atoms with Crippen molar-refractivity contribution < 1.29 is 9.53 Å². The van der Waals surface area contributed by atoms with Gasteiger partial charge in [-0.1, -0.05) is 47.5 Å². The van der Waals surface area contributed by atoms with Crippen LogP contribution in [0, 0.1) is 0 Å². The third-order valence-corrected chi connectivity index (χ3v) is 7.47. The second kappa shape index (κ2) is 9.66. The lowest BCUT2D eigenvalue weighted by Crippen LogP contribution is -2.15. The first-order valence-electron chi connectivity index (χ1n) is 12.3. The summed E-state index contributed by atoms with van der Waals surface area (Å²) in [6, 6.07) is 23.0. The van der Waals surface area contributed by atoms with Crippen LogP contribution in [0.25, 0.3) is 28.0 Å². The lowest BCUT2D eigenvalue weighted by molar-refractivity contribution is 0.102. The minimum atomic E-state index is -0.170. The highest BCUT2D eigenvalue weighted by Crippen LogP contribution is 2.40. The summed E-state index contributed by atoms with van der Waals surface area (Å²) >= 11 is 12.4. The zero-order valence-electron chi connectivity index (χ0n) is 20.3. The van der Waals surface area contributed by atoms with Crippen molar-refractivity contribution in [2.45, 2.75) is 25.8 Å². The second-order valence-corrected chi connectivity index (χ2v) is 10.1. The zero-order chi connectivity index (χ0) is 25.5. The molecular formula is C30H25Cl2N3O2. The van der Waals surface area contributed by atoms with Crippen LogP contribution in [0.15, 0.2) is 79.0 Å². The lowest BCUT2D eigenvalue weighted by Gasteiger charge is -2.11. The van der Waals surface area contributed by atoms with Gasteiger partial charge in [0, 0.05) is 39.6 Å². The maximum Gasteiger partial charge on any atom is 0.273 e. The third kappa shape index (κ3) is 4.28.